The van der Waals surface area contributed by atoms with Gasteiger partial charge in [0.2, 0.25) is 5.95 Å². The Bertz CT molecular complexity index is 2190. The van der Waals surface area contributed by atoms with Gasteiger partial charge < -0.3 is 4.90 Å². The number of hydrogen-bond acceptors (Lipinski definition) is 4. The first-order valence-corrected chi connectivity index (χ1v) is 15.2. The molecule has 5 heteroatoms. The fourth-order valence-electron chi connectivity index (χ4n) is 7.13. The third-order valence-electron chi connectivity index (χ3n) is 9.12. The summed E-state index contributed by atoms with van der Waals surface area (Å²) in [5, 5.41) is 2.37. The van der Waals surface area contributed by atoms with Crippen molar-refractivity contribution in [3.63, 3.8) is 0 Å². The Morgan fingerprint density at radius 1 is 0.682 bits per heavy atom. The van der Waals surface area contributed by atoms with Crippen molar-refractivity contribution >= 4 is 33.3 Å². The Labute approximate surface area is 255 Å². The van der Waals surface area contributed by atoms with Gasteiger partial charge in [0.05, 0.1) is 34.2 Å². The normalized spacial score (nSPS) is 20.0. The Morgan fingerprint density at radius 3 is 2.45 bits per heavy atom. The van der Waals surface area contributed by atoms with E-state index in [0.717, 1.165) is 45.9 Å². The molecule has 0 fully saturated rings. The molecule has 3 aromatic heterocycles. The van der Waals surface area contributed by atoms with E-state index in [-0.39, 0.29) is 17.9 Å². The third-order valence-corrected chi connectivity index (χ3v) is 9.12. The lowest BCUT2D eigenvalue weighted by Gasteiger charge is -2.28. The molecule has 3 aliphatic rings. The van der Waals surface area contributed by atoms with E-state index < -0.39 is 0 Å². The molecular weight excluding hydrogens is 538 g/mol. The van der Waals surface area contributed by atoms with Gasteiger partial charge >= 0.3 is 0 Å². The zero-order valence-corrected chi connectivity index (χ0v) is 24.0. The summed E-state index contributed by atoms with van der Waals surface area (Å²) in [6.07, 6.45) is 20.4. The number of para-hydroxylation sites is 1. The number of fused-ring (bicyclic) bond motifs is 7. The molecule has 44 heavy (non-hydrogen) atoms. The number of rotatable bonds is 4. The van der Waals surface area contributed by atoms with Crippen LogP contribution in [-0.2, 0) is 0 Å². The molecule has 0 spiro atoms. The van der Waals surface area contributed by atoms with Crippen molar-refractivity contribution < 1.29 is 0 Å². The molecule has 0 amide bonds. The van der Waals surface area contributed by atoms with Crippen molar-refractivity contribution in [3.8, 4) is 17.2 Å². The van der Waals surface area contributed by atoms with Crippen LogP contribution < -0.4 is 4.90 Å². The second-order valence-corrected chi connectivity index (χ2v) is 11.6. The first kappa shape index (κ1) is 25.0. The summed E-state index contributed by atoms with van der Waals surface area (Å²) in [6.45, 7) is 0. The van der Waals surface area contributed by atoms with E-state index in [9.17, 15) is 0 Å². The molecule has 3 aromatic carbocycles. The molecule has 0 saturated carbocycles. The summed E-state index contributed by atoms with van der Waals surface area (Å²) in [5.74, 6) is 2.06. The predicted octanol–water partition coefficient (Wildman–Crippen LogP) is 8.97. The number of benzene rings is 3. The van der Waals surface area contributed by atoms with Gasteiger partial charge in [0.25, 0.3) is 0 Å². The Hall–Kier alpha value is -5.55. The lowest BCUT2D eigenvalue weighted by atomic mass is 9.91. The summed E-state index contributed by atoms with van der Waals surface area (Å²) < 4.78 is 2.27. The predicted molar refractivity (Wildman–Crippen MR) is 179 cm³/mol. The second-order valence-electron chi connectivity index (χ2n) is 11.6. The molecule has 3 unspecified atom stereocenters. The second kappa shape index (κ2) is 10.0. The number of aromatic nitrogens is 4. The molecule has 1 aliphatic heterocycles. The van der Waals surface area contributed by atoms with Gasteiger partial charge in [-0.25, -0.2) is 15.0 Å². The molecule has 3 atom stereocenters. The van der Waals surface area contributed by atoms with Crippen LogP contribution in [0.5, 0.6) is 0 Å². The minimum atomic E-state index is 0.108. The smallest absolute Gasteiger partial charge is 0.234 e. The maximum atomic E-state index is 5.27. The Balaban J connectivity index is 1.32. The van der Waals surface area contributed by atoms with Crippen LogP contribution in [0.25, 0.3) is 39.0 Å². The maximum absolute atomic E-state index is 5.27. The van der Waals surface area contributed by atoms with Gasteiger partial charge in [-0.1, -0.05) is 115 Å². The molecule has 9 rings (SSSR count). The SMILES string of the molecule is C1=CCC(c2ccnc(-n3c4ccccc4c4ccc5c(c43)N(c3cccc(-c4ccccc4)n3)C3C=CC=CC53)n2)C=C1. The van der Waals surface area contributed by atoms with Crippen LogP contribution >= 0.6 is 0 Å². The van der Waals surface area contributed by atoms with E-state index in [2.05, 4.69) is 137 Å². The van der Waals surface area contributed by atoms with Crippen LogP contribution in [0.3, 0.4) is 0 Å². The van der Waals surface area contributed by atoms with E-state index in [4.69, 9.17) is 15.0 Å². The summed E-state index contributed by atoms with van der Waals surface area (Å²) in [4.78, 5) is 17.8. The van der Waals surface area contributed by atoms with E-state index >= 15 is 0 Å². The number of anilines is 2. The highest BCUT2D eigenvalue weighted by molar-refractivity contribution is 6.14. The fraction of sp³-hybridized carbons (Fsp3) is 0.103. The average molecular weight is 568 g/mol. The Morgan fingerprint density at radius 2 is 1.55 bits per heavy atom. The summed E-state index contributed by atoms with van der Waals surface area (Å²) in [5.41, 5.74) is 7.76. The van der Waals surface area contributed by atoms with Crippen LogP contribution in [0.2, 0.25) is 0 Å². The zero-order chi connectivity index (χ0) is 29.0. The zero-order valence-electron chi connectivity index (χ0n) is 24.0. The fourth-order valence-corrected chi connectivity index (χ4v) is 7.13. The van der Waals surface area contributed by atoms with Gasteiger partial charge in [0, 0.05) is 34.4 Å². The van der Waals surface area contributed by atoms with Crippen molar-refractivity contribution in [2.24, 2.45) is 0 Å². The molecule has 0 bridgehead atoms. The first-order chi connectivity index (χ1) is 21.8. The average Bonchev–Trinajstić information content (AvgIpc) is 3.62. The quantitative estimate of drug-likeness (QED) is 0.213. The molecular formula is C39H29N5. The number of allylic oxidation sites excluding steroid dienone is 6. The number of pyridine rings is 1. The highest BCUT2D eigenvalue weighted by Gasteiger charge is 2.40. The molecule has 6 aromatic rings. The van der Waals surface area contributed by atoms with Crippen LogP contribution in [0.15, 0.2) is 146 Å². The lowest BCUT2D eigenvalue weighted by molar-refractivity contribution is 0.738. The van der Waals surface area contributed by atoms with Crippen molar-refractivity contribution in [2.75, 3.05) is 4.90 Å². The van der Waals surface area contributed by atoms with E-state index in [1.165, 1.54) is 16.3 Å². The van der Waals surface area contributed by atoms with E-state index in [1.807, 2.05) is 18.3 Å². The summed E-state index contributed by atoms with van der Waals surface area (Å²) in [6, 6.07) is 32.1. The lowest BCUT2D eigenvalue weighted by Crippen LogP contribution is -2.29. The maximum Gasteiger partial charge on any atom is 0.234 e. The molecule has 5 nitrogen and oxygen atoms in total. The van der Waals surface area contributed by atoms with Gasteiger partial charge in [-0.15, -0.1) is 0 Å². The largest absolute Gasteiger partial charge is 0.316 e. The van der Waals surface area contributed by atoms with Crippen molar-refractivity contribution in [3.05, 3.63) is 157 Å². The van der Waals surface area contributed by atoms with Crippen LogP contribution in [-0.4, -0.2) is 25.6 Å². The van der Waals surface area contributed by atoms with Gasteiger partial charge in [-0.2, -0.15) is 0 Å². The summed E-state index contributed by atoms with van der Waals surface area (Å²) in [7, 11) is 0. The number of nitrogens with zero attached hydrogens (tertiary/aromatic N) is 5. The van der Waals surface area contributed by atoms with Crippen molar-refractivity contribution in [1.82, 2.24) is 19.5 Å². The molecule has 0 saturated heterocycles. The standard InChI is InChI=1S/C39H29N5/c1-3-12-26(13-4-1)32-18-11-21-36(41-32)43-34-19-9-7-16-28(34)30-22-23-31-29-17-8-10-20-35(29)44(38(31)37(30)43)39-40-25-24-33(42-39)27-14-5-2-6-15-27/h1-14,16-25,27-28,34H,15H2. The van der Waals surface area contributed by atoms with Gasteiger partial charge in [-0.3, -0.25) is 4.57 Å². The monoisotopic (exact) mass is 567 g/mol. The van der Waals surface area contributed by atoms with Crippen molar-refractivity contribution in [2.45, 2.75) is 24.3 Å². The first-order valence-electron chi connectivity index (χ1n) is 15.2. The van der Waals surface area contributed by atoms with Gasteiger partial charge in [0.15, 0.2) is 0 Å². The molecule has 210 valence electrons. The van der Waals surface area contributed by atoms with Crippen molar-refractivity contribution in [1.29, 1.82) is 0 Å². The molecule has 0 N–H and O–H groups in total. The molecule has 2 aliphatic carbocycles. The third kappa shape index (κ3) is 3.82. The van der Waals surface area contributed by atoms with Gasteiger partial charge in [0.1, 0.15) is 5.82 Å². The minimum absolute atomic E-state index is 0.108. The van der Waals surface area contributed by atoms with Crippen LogP contribution in [0.4, 0.5) is 11.5 Å². The van der Waals surface area contributed by atoms with E-state index in [1.54, 1.807) is 0 Å². The van der Waals surface area contributed by atoms with Crippen LogP contribution in [0, 0.1) is 0 Å². The van der Waals surface area contributed by atoms with Gasteiger partial charge in [-0.05, 0) is 36.2 Å². The highest BCUT2D eigenvalue weighted by Crippen LogP contribution is 2.52. The van der Waals surface area contributed by atoms with E-state index in [0.29, 0.717) is 5.95 Å². The van der Waals surface area contributed by atoms with Crippen LogP contribution in [0.1, 0.15) is 29.5 Å². The summed E-state index contributed by atoms with van der Waals surface area (Å²) >= 11 is 0. The minimum Gasteiger partial charge on any atom is -0.316 e. The topological polar surface area (TPSA) is 46.8 Å². The Kier molecular flexibility index (Phi) is 5.69. The number of hydrogen-bond donors (Lipinski definition) is 0. The molecule has 0 radical (unpaired) electrons. The highest BCUT2D eigenvalue weighted by atomic mass is 15.3. The molecule has 4 heterocycles.